The molecule has 3 aliphatic rings. The van der Waals surface area contributed by atoms with E-state index in [1.807, 2.05) is 12.1 Å². The van der Waals surface area contributed by atoms with Gasteiger partial charge in [-0.3, -0.25) is 0 Å². The van der Waals surface area contributed by atoms with Crippen LogP contribution >= 0.6 is 0 Å². The van der Waals surface area contributed by atoms with Gasteiger partial charge >= 0.3 is 0 Å². The van der Waals surface area contributed by atoms with Gasteiger partial charge in [-0.15, -0.1) is 0 Å². The number of nitrogens with zero attached hydrogens (tertiary/aromatic N) is 1. The van der Waals surface area contributed by atoms with Gasteiger partial charge in [-0.25, -0.2) is 0 Å². The molecule has 182 valence electrons. The van der Waals surface area contributed by atoms with Gasteiger partial charge in [0.25, 0.3) is 0 Å². The Labute approximate surface area is 210 Å². The Morgan fingerprint density at radius 2 is 1.60 bits per heavy atom. The molecular weight excluding hydrogens is 428 g/mol. The molecule has 3 nitrogen and oxygen atoms in total. The Balaban J connectivity index is 1.28. The van der Waals surface area contributed by atoms with Crippen molar-refractivity contribution in [3.05, 3.63) is 95.1 Å². The molecule has 35 heavy (non-hydrogen) atoms. The predicted octanol–water partition coefficient (Wildman–Crippen LogP) is 6.61. The van der Waals surface area contributed by atoms with Gasteiger partial charge in [-0.2, -0.15) is 0 Å². The molecule has 0 saturated carbocycles. The average molecular weight is 467 g/mol. The summed E-state index contributed by atoms with van der Waals surface area (Å²) in [5, 5.41) is 13.7. The minimum Gasteiger partial charge on any atom is -0.508 e. The largest absolute Gasteiger partial charge is 0.508 e. The number of fused-ring (bicyclic) bond motifs is 1. The quantitative estimate of drug-likeness (QED) is 0.456. The number of phenols is 1. The van der Waals surface area contributed by atoms with Gasteiger partial charge in [0.1, 0.15) is 5.75 Å². The van der Waals surface area contributed by atoms with Gasteiger partial charge in [-0.1, -0.05) is 48.5 Å². The Morgan fingerprint density at radius 1 is 0.829 bits per heavy atom. The molecule has 2 fully saturated rings. The number of rotatable bonds is 3. The van der Waals surface area contributed by atoms with Crippen LogP contribution in [0.4, 0.5) is 5.69 Å². The van der Waals surface area contributed by atoms with Crippen molar-refractivity contribution in [1.29, 1.82) is 0 Å². The Morgan fingerprint density at radius 3 is 2.37 bits per heavy atom. The van der Waals surface area contributed by atoms with Crippen molar-refractivity contribution in [2.45, 2.75) is 56.8 Å². The second kappa shape index (κ2) is 9.70. The number of hydrogen-bond donors (Lipinski definition) is 2. The first kappa shape index (κ1) is 22.7. The van der Waals surface area contributed by atoms with Crippen molar-refractivity contribution >= 4 is 5.69 Å². The van der Waals surface area contributed by atoms with Gasteiger partial charge in [0.2, 0.25) is 0 Å². The maximum absolute atomic E-state index is 10.1. The van der Waals surface area contributed by atoms with Crippen molar-refractivity contribution in [2.24, 2.45) is 5.41 Å². The summed E-state index contributed by atoms with van der Waals surface area (Å²) in [6, 6.07) is 26.5. The maximum atomic E-state index is 10.1. The van der Waals surface area contributed by atoms with E-state index in [9.17, 15) is 5.11 Å². The fourth-order valence-corrected chi connectivity index (χ4v) is 7.16. The van der Waals surface area contributed by atoms with Crippen LogP contribution in [0, 0.1) is 5.41 Å². The lowest BCUT2D eigenvalue weighted by molar-refractivity contribution is 0.245. The van der Waals surface area contributed by atoms with Crippen LogP contribution in [0.1, 0.15) is 72.6 Å². The second-order valence-corrected chi connectivity index (χ2v) is 11.1. The predicted molar refractivity (Wildman–Crippen MR) is 144 cm³/mol. The monoisotopic (exact) mass is 466 g/mol. The number of nitrogens with one attached hydrogen (secondary N) is 1. The third-order valence-electron chi connectivity index (χ3n) is 8.99. The molecule has 1 aliphatic carbocycles. The van der Waals surface area contributed by atoms with Crippen LogP contribution in [0.2, 0.25) is 0 Å². The van der Waals surface area contributed by atoms with E-state index in [4.69, 9.17) is 0 Å². The minimum atomic E-state index is 0.318. The number of aryl methyl sites for hydroxylation is 1. The fraction of sp³-hybridized carbons (Fsp3) is 0.438. The van der Waals surface area contributed by atoms with E-state index in [1.54, 1.807) is 0 Å². The number of benzene rings is 3. The van der Waals surface area contributed by atoms with E-state index in [1.165, 1.54) is 86.2 Å². The summed E-state index contributed by atoms with van der Waals surface area (Å²) in [7, 11) is 0. The number of anilines is 1. The third kappa shape index (κ3) is 4.59. The molecule has 0 unspecified atom stereocenters. The van der Waals surface area contributed by atoms with Crippen LogP contribution in [0.3, 0.4) is 0 Å². The second-order valence-electron chi connectivity index (χ2n) is 11.1. The summed E-state index contributed by atoms with van der Waals surface area (Å²) in [6.07, 6.45) is 8.80. The molecule has 2 N–H and O–H groups in total. The summed E-state index contributed by atoms with van der Waals surface area (Å²) >= 11 is 0. The van der Waals surface area contributed by atoms with E-state index in [2.05, 4.69) is 70.9 Å². The summed E-state index contributed by atoms with van der Waals surface area (Å²) in [5.41, 5.74) is 7.37. The topological polar surface area (TPSA) is 35.5 Å². The van der Waals surface area contributed by atoms with Crippen molar-refractivity contribution in [3.8, 4) is 5.75 Å². The Bertz CT molecular complexity index is 1130. The zero-order valence-corrected chi connectivity index (χ0v) is 20.8. The fourth-order valence-electron chi connectivity index (χ4n) is 7.16. The summed E-state index contributed by atoms with van der Waals surface area (Å²) in [4.78, 5) is 2.64. The maximum Gasteiger partial charge on any atom is 0.115 e. The standard InChI is InChI=1S/C32H38N2O/c35-28-13-15-30-26(22-28)10-14-29(24-6-2-1-3-7-24)31(30)25-8-11-27(12-9-25)34-21-18-32(23-34)16-4-19-33-20-5-17-32/h1-3,6-9,11-13,15,22,29,31,33,35H,4-5,10,14,16-21,23H2/t29-,31+/m1/s1. The average Bonchev–Trinajstić information content (AvgIpc) is 3.31. The zero-order valence-electron chi connectivity index (χ0n) is 20.8. The van der Waals surface area contributed by atoms with E-state index in [-0.39, 0.29) is 0 Å². The molecule has 2 saturated heterocycles. The first-order valence-corrected chi connectivity index (χ1v) is 13.6. The summed E-state index contributed by atoms with van der Waals surface area (Å²) < 4.78 is 0. The zero-order chi connectivity index (χ0) is 23.7. The van der Waals surface area contributed by atoms with Crippen LogP contribution in [0.25, 0.3) is 0 Å². The highest BCUT2D eigenvalue weighted by Gasteiger charge is 2.38. The van der Waals surface area contributed by atoms with Gasteiger partial charge in [0, 0.05) is 24.7 Å². The van der Waals surface area contributed by atoms with Gasteiger partial charge in [0.15, 0.2) is 0 Å². The molecule has 2 heterocycles. The Kier molecular flexibility index (Phi) is 6.28. The normalized spacial score (nSPS) is 24.1. The first-order valence-electron chi connectivity index (χ1n) is 13.6. The lowest BCUT2D eigenvalue weighted by atomic mass is 9.69. The van der Waals surface area contributed by atoms with Crippen molar-refractivity contribution in [2.75, 3.05) is 31.1 Å². The molecule has 0 radical (unpaired) electrons. The molecule has 0 amide bonds. The van der Waals surface area contributed by atoms with Gasteiger partial charge < -0.3 is 15.3 Å². The van der Waals surface area contributed by atoms with E-state index in [0.717, 1.165) is 12.8 Å². The van der Waals surface area contributed by atoms with Gasteiger partial charge in [0.05, 0.1) is 0 Å². The molecule has 6 rings (SSSR count). The van der Waals surface area contributed by atoms with Crippen molar-refractivity contribution < 1.29 is 5.11 Å². The molecule has 3 aromatic carbocycles. The van der Waals surface area contributed by atoms with Gasteiger partial charge in [-0.05, 0) is 116 Å². The molecule has 3 aromatic rings. The molecule has 0 aromatic heterocycles. The lowest BCUT2D eigenvalue weighted by Crippen LogP contribution is -2.32. The molecular formula is C32H38N2O. The van der Waals surface area contributed by atoms with Crippen molar-refractivity contribution in [3.63, 3.8) is 0 Å². The molecule has 1 spiro atoms. The molecule has 2 atom stereocenters. The number of aromatic hydroxyl groups is 1. The molecule has 3 heteroatoms. The van der Waals surface area contributed by atoms with Crippen molar-refractivity contribution in [1.82, 2.24) is 5.32 Å². The Hall–Kier alpha value is -2.78. The SMILES string of the molecule is Oc1ccc2c(c1)CC[C@H](c1ccccc1)[C@@H]2c1ccc(N2CCC3(CCCNCCC3)C2)cc1. The summed E-state index contributed by atoms with van der Waals surface area (Å²) in [5.74, 6) is 1.15. The van der Waals surface area contributed by atoms with E-state index in [0.29, 0.717) is 23.0 Å². The van der Waals surface area contributed by atoms with Crippen LogP contribution < -0.4 is 10.2 Å². The van der Waals surface area contributed by atoms with Crippen LogP contribution in [-0.2, 0) is 6.42 Å². The van der Waals surface area contributed by atoms with Crippen LogP contribution in [0.5, 0.6) is 5.75 Å². The molecule has 0 bridgehead atoms. The summed E-state index contributed by atoms with van der Waals surface area (Å²) in [6.45, 7) is 4.76. The highest BCUT2D eigenvalue weighted by molar-refractivity contribution is 5.53. The third-order valence-corrected chi connectivity index (χ3v) is 8.99. The van der Waals surface area contributed by atoms with E-state index < -0.39 is 0 Å². The smallest absolute Gasteiger partial charge is 0.115 e. The van der Waals surface area contributed by atoms with Crippen LogP contribution in [0.15, 0.2) is 72.8 Å². The highest BCUT2D eigenvalue weighted by atomic mass is 16.3. The minimum absolute atomic E-state index is 0.318. The first-order chi connectivity index (χ1) is 17.2. The number of phenolic OH excluding ortho intramolecular Hbond substituents is 1. The number of hydrogen-bond acceptors (Lipinski definition) is 3. The lowest BCUT2D eigenvalue weighted by Gasteiger charge is -2.35. The van der Waals surface area contributed by atoms with Crippen LogP contribution in [-0.4, -0.2) is 31.3 Å². The highest BCUT2D eigenvalue weighted by Crippen LogP contribution is 2.47. The van der Waals surface area contributed by atoms with E-state index >= 15 is 0 Å². The molecule has 2 aliphatic heterocycles.